The van der Waals surface area contributed by atoms with Gasteiger partial charge in [-0.25, -0.2) is 0 Å². The lowest BCUT2D eigenvalue weighted by molar-refractivity contribution is 0.104. The molecule has 1 saturated heterocycles. The zero-order chi connectivity index (χ0) is 17.1. The van der Waals surface area contributed by atoms with Crippen LogP contribution in [0, 0.1) is 6.92 Å². The van der Waals surface area contributed by atoms with Crippen LogP contribution in [0.5, 0.6) is 0 Å². The van der Waals surface area contributed by atoms with Gasteiger partial charge in [-0.2, -0.15) is 0 Å². The lowest BCUT2D eigenvalue weighted by Crippen LogP contribution is -2.21. The predicted octanol–water partition coefficient (Wildman–Crippen LogP) is 2.19. The molecule has 7 heteroatoms. The summed E-state index contributed by atoms with van der Waals surface area (Å²) in [6, 6.07) is 7.66. The molecule has 2 aromatic rings. The minimum atomic E-state index is 0.284. The Morgan fingerprint density at radius 2 is 2.09 bits per heavy atom. The van der Waals surface area contributed by atoms with Crippen molar-refractivity contribution in [1.82, 2.24) is 9.13 Å². The van der Waals surface area contributed by atoms with Crippen molar-refractivity contribution < 1.29 is 10.8 Å². The monoisotopic (exact) mass is 316 g/mol. The molecule has 0 saturated carbocycles. The van der Waals surface area contributed by atoms with Gasteiger partial charge in [0.1, 0.15) is 6.10 Å². The number of hydrogen-bond acceptors (Lipinski definition) is 4. The molecule has 0 aliphatic carbocycles. The highest BCUT2D eigenvalue weighted by Gasteiger charge is 2.22. The summed E-state index contributed by atoms with van der Waals surface area (Å²) < 4.78 is 22.0. The van der Waals surface area contributed by atoms with Crippen molar-refractivity contribution in [3.63, 3.8) is 0 Å². The average Bonchev–Trinajstić information content (AvgIpc) is 3.39. The molecule has 1 aliphatic heterocycles. The number of aromatic nitrogens is 2. The van der Waals surface area contributed by atoms with Gasteiger partial charge in [0.25, 0.3) is 0 Å². The van der Waals surface area contributed by atoms with Crippen molar-refractivity contribution in [2.45, 2.75) is 19.6 Å². The minimum absolute atomic E-state index is 0.284. The summed E-state index contributed by atoms with van der Waals surface area (Å²) >= 11 is 0. The molecule has 0 bridgehead atoms. The molecule has 2 heterocycles. The smallest absolute Gasteiger partial charge is 0.231 e. The van der Waals surface area contributed by atoms with E-state index in [0.717, 1.165) is 17.9 Å². The van der Waals surface area contributed by atoms with Crippen molar-refractivity contribution in [3.05, 3.63) is 47.3 Å². The molecule has 0 amide bonds. The highest BCUT2D eigenvalue weighted by Crippen LogP contribution is 2.15. The molecule has 3 rings (SSSR count). The third-order valence-corrected chi connectivity index (χ3v) is 3.64. The van der Waals surface area contributed by atoms with Gasteiger partial charge in [-0.15, -0.1) is 5.11 Å². The largest absolute Gasteiger partial charge is 0.374 e. The van der Waals surface area contributed by atoms with Crippen molar-refractivity contribution in [2.24, 2.45) is 29.5 Å². The first-order valence-electron chi connectivity index (χ1n) is 7.98. The second-order valence-electron chi connectivity index (χ2n) is 5.54. The van der Waals surface area contributed by atoms with E-state index in [1.807, 2.05) is 42.8 Å². The van der Waals surface area contributed by atoms with Crippen LogP contribution in [-0.2, 0) is 30.2 Å². The predicted molar refractivity (Wildman–Crippen MR) is 85.0 cm³/mol. The quantitative estimate of drug-likeness (QED) is 0.466. The van der Waals surface area contributed by atoms with Crippen LogP contribution in [0.25, 0.3) is 0 Å². The third-order valence-electron chi connectivity index (χ3n) is 3.64. The maximum Gasteiger partial charge on any atom is 0.231 e. The summed E-state index contributed by atoms with van der Waals surface area (Å²) in [5, 5.41) is 12.1. The number of imidazole rings is 1. The molecule has 122 valence electrons. The summed E-state index contributed by atoms with van der Waals surface area (Å²) in [6.07, 6.45) is 0.693. The summed E-state index contributed by atoms with van der Waals surface area (Å²) in [5.74, 6) is 0. The Morgan fingerprint density at radius 3 is 2.70 bits per heavy atom. The molecular formula is C16H21N5O2. The number of benzene rings is 1. The Balaban J connectivity index is 1.64. The molecule has 7 nitrogen and oxygen atoms in total. The Labute approximate surface area is 136 Å². The number of nitrogens with zero attached hydrogens (tertiary/aromatic N) is 5. The lowest BCUT2D eigenvalue weighted by Gasteiger charge is -2.02. The first kappa shape index (κ1) is 14.3. The molecule has 1 aliphatic rings. The first-order chi connectivity index (χ1) is 11.6. The minimum Gasteiger partial charge on any atom is -0.374 e. The molecular weight excluding hydrogens is 294 g/mol. The van der Waals surface area contributed by atoms with E-state index in [9.17, 15) is 0 Å². The number of hydrogen-bond donors (Lipinski definition) is 0. The molecule has 1 atom stereocenters. The average molecular weight is 316 g/mol. The van der Waals surface area contributed by atoms with Crippen molar-refractivity contribution in [2.75, 3.05) is 13.2 Å². The lowest BCUT2D eigenvalue weighted by atomic mass is 10.2. The van der Waals surface area contributed by atoms with Gasteiger partial charge in [0.2, 0.25) is 5.62 Å². The second-order valence-corrected chi connectivity index (χ2v) is 5.54. The highest BCUT2D eigenvalue weighted by atomic mass is 16.6. The van der Waals surface area contributed by atoms with Crippen LogP contribution in [0.15, 0.2) is 45.9 Å². The van der Waals surface area contributed by atoms with Gasteiger partial charge in [-0.3, -0.25) is 0 Å². The SMILES string of the molecule is [2H]c1c(C)n(C)/c(=N\N=Nc2ccc(COCC3CO3)cc2)n1C. The Morgan fingerprint density at radius 1 is 1.35 bits per heavy atom. The van der Waals surface area contributed by atoms with E-state index in [-0.39, 0.29) is 6.10 Å². The van der Waals surface area contributed by atoms with Crippen LogP contribution < -0.4 is 5.62 Å². The maximum atomic E-state index is 7.90. The van der Waals surface area contributed by atoms with Gasteiger partial charge in [-0.05, 0) is 29.8 Å². The third kappa shape index (κ3) is 4.14. The zero-order valence-electron chi connectivity index (χ0n) is 14.6. The van der Waals surface area contributed by atoms with Gasteiger partial charge >= 0.3 is 0 Å². The fourth-order valence-corrected chi connectivity index (χ4v) is 2.12. The number of ether oxygens (including phenoxy) is 2. The van der Waals surface area contributed by atoms with E-state index in [1.165, 1.54) is 0 Å². The summed E-state index contributed by atoms with van der Waals surface area (Å²) in [4.78, 5) is 0. The standard InChI is InChI=1S/C16H21N5O2/c1-12-8-20(2)16(21(12)3)18-19-17-14-6-4-13(5-7-14)9-22-10-15-11-23-15/h4-8,15H,9-11H2,1-3H3/b18-16-,19-17?/i8D. The van der Waals surface area contributed by atoms with Crippen LogP contribution >= 0.6 is 0 Å². The Bertz CT molecular complexity index is 775. The van der Waals surface area contributed by atoms with E-state index in [4.69, 9.17) is 10.8 Å². The van der Waals surface area contributed by atoms with Crippen LogP contribution in [0.4, 0.5) is 5.69 Å². The van der Waals surface area contributed by atoms with E-state index in [2.05, 4.69) is 15.4 Å². The molecule has 23 heavy (non-hydrogen) atoms. The summed E-state index contributed by atoms with van der Waals surface area (Å²) in [6.45, 7) is 3.88. The van der Waals surface area contributed by atoms with Gasteiger partial charge < -0.3 is 18.6 Å². The van der Waals surface area contributed by atoms with Crippen LogP contribution in [-0.4, -0.2) is 28.5 Å². The molecule has 0 N–H and O–H groups in total. The van der Waals surface area contributed by atoms with E-state index in [1.54, 1.807) is 11.6 Å². The summed E-state index contributed by atoms with van der Waals surface area (Å²) in [7, 11) is 3.63. The van der Waals surface area contributed by atoms with Crippen molar-refractivity contribution in [3.8, 4) is 0 Å². The fraction of sp³-hybridized carbons (Fsp3) is 0.438. The van der Waals surface area contributed by atoms with Crippen molar-refractivity contribution in [1.29, 1.82) is 0 Å². The molecule has 1 fully saturated rings. The van der Waals surface area contributed by atoms with Crippen molar-refractivity contribution >= 4 is 5.69 Å². The van der Waals surface area contributed by atoms with Gasteiger partial charge in [0, 0.05) is 26.0 Å². The van der Waals surface area contributed by atoms with Gasteiger partial charge in [-0.1, -0.05) is 17.2 Å². The molecule has 1 aromatic heterocycles. The molecule has 0 radical (unpaired) electrons. The Hall–Kier alpha value is -2.25. The molecule has 1 unspecified atom stereocenters. The molecule has 0 spiro atoms. The van der Waals surface area contributed by atoms with E-state index >= 15 is 0 Å². The second kappa shape index (κ2) is 6.89. The van der Waals surface area contributed by atoms with Crippen LogP contribution in [0.2, 0.25) is 0 Å². The van der Waals surface area contributed by atoms with Gasteiger partial charge in [0.05, 0.1) is 26.9 Å². The Kier molecular flexibility index (Phi) is 4.30. The summed E-state index contributed by atoms with van der Waals surface area (Å²) in [5.41, 5.74) is 3.20. The van der Waals surface area contributed by atoms with Crippen LogP contribution in [0.1, 0.15) is 12.6 Å². The number of rotatable bonds is 6. The normalized spacial score (nSPS) is 18.7. The van der Waals surface area contributed by atoms with E-state index < -0.39 is 0 Å². The zero-order valence-corrected chi connectivity index (χ0v) is 13.6. The molecule has 1 aromatic carbocycles. The van der Waals surface area contributed by atoms with Crippen LogP contribution in [0.3, 0.4) is 0 Å². The first-order valence-corrected chi connectivity index (χ1v) is 7.48. The number of epoxide rings is 1. The fourth-order valence-electron chi connectivity index (χ4n) is 2.12. The topological polar surface area (TPSA) is 68.7 Å². The van der Waals surface area contributed by atoms with Gasteiger partial charge in [0.15, 0.2) is 0 Å². The van der Waals surface area contributed by atoms with E-state index in [0.29, 0.717) is 30.7 Å². The highest BCUT2D eigenvalue weighted by molar-refractivity contribution is 5.37. The maximum absolute atomic E-state index is 7.90.